The summed E-state index contributed by atoms with van der Waals surface area (Å²) in [5, 5.41) is 0. The molecular formula is C19H20N2O3. The van der Waals surface area contributed by atoms with Crippen LogP contribution in [0.3, 0.4) is 0 Å². The molecule has 1 aliphatic carbocycles. The fraction of sp³-hybridized carbons (Fsp3) is 0.421. The number of amides is 2. The standard InChI is InChI=1S/C19H20N2O3/c22-16-11-19(9-5-2-6-10-19)18(23)21(16)12-15-13-24-17(20-15)14-7-3-1-4-8-14/h1,3-4,7-8,13H,2,5-6,9-12H2. The summed E-state index contributed by atoms with van der Waals surface area (Å²) in [4.78, 5) is 31.0. The van der Waals surface area contributed by atoms with Gasteiger partial charge in [-0.2, -0.15) is 0 Å². The Kier molecular flexibility index (Phi) is 3.71. The number of likely N-dealkylation sites (tertiary alicyclic amines) is 1. The molecule has 2 fully saturated rings. The van der Waals surface area contributed by atoms with Crippen LogP contribution in [0.2, 0.25) is 0 Å². The van der Waals surface area contributed by atoms with Gasteiger partial charge in [-0.1, -0.05) is 37.5 Å². The van der Waals surface area contributed by atoms with Gasteiger partial charge in [-0.15, -0.1) is 0 Å². The summed E-state index contributed by atoms with van der Waals surface area (Å²) in [7, 11) is 0. The van der Waals surface area contributed by atoms with E-state index >= 15 is 0 Å². The van der Waals surface area contributed by atoms with Crippen LogP contribution in [-0.4, -0.2) is 21.7 Å². The van der Waals surface area contributed by atoms with E-state index < -0.39 is 5.41 Å². The summed E-state index contributed by atoms with van der Waals surface area (Å²) in [5.41, 5.74) is 1.05. The average molecular weight is 324 g/mol. The molecule has 0 bridgehead atoms. The monoisotopic (exact) mass is 324 g/mol. The summed E-state index contributed by atoms with van der Waals surface area (Å²) >= 11 is 0. The van der Waals surface area contributed by atoms with E-state index in [1.807, 2.05) is 30.3 Å². The van der Waals surface area contributed by atoms with E-state index in [-0.39, 0.29) is 18.4 Å². The van der Waals surface area contributed by atoms with Gasteiger partial charge in [-0.3, -0.25) is 14.5 Å². The largest absolute Gasteiger partial charge is 0.444 e. The van der Waals surface area contributed by atoms with Gasteiger partial charge in [-0.05, 0) is 25.0 Å². The molecule has 1 aliphatic heterocycles. The zero-order valence-electron chi connectivity index (χ0n) is 13.5. The highest BCUT2D eigenvalue weighted by Gasteiger charge is 2.51. The van der Waals surface area contributed by atoms with Gasteiger partial charge in [-0.25, -0.2) is 4.98 Å². The molecule has 2 aliphatic rings. The fourth-order valence-electron chi connectivity index (χ4n) is 3.89. The molecule has 24 heavy (non-hydrogen) atoms. The van der Waals surface area contributed by atoms with Crippen LogP contribution >= 0.6 is 0 Å². The lowest BCUT2D eigenvalue weighted by Gasteiger charge is -2.30. The number of carbonyl (C=O) groups excluding carboxylic acids is 2. The van der Waals surface area contributed by atoms with Gasteiger partial charge in [0.15, 0.2) is 0 Å². The van der Waals surface area contributed by atoms with E-state index in [4.69, 9.17) is 4.42 Å². The van der Waals surface area contributed by atoms with Gasteiger partial charge >= 0.3 is 0 Å². The Labute approximate surface area is 140 Å². The fourth-order valence-corrected chi connectivity index (χ4v) is 3.89. The van der Waals surface area contributed by atoms with Crippen LogP contribution in [0, 0.1) is 5.41 Å². The first-order chi connectivity index (χ1) is 11.7. The van der Waals surface area contributed by atoms with E-state index in [1.54, 1.807) is 0 Å². The molecule has 1 saturated heterocycles. The molecule has 5 heteroatoms. The van der Waals surface area contributed by atoms with Crippen molar-refractivity contribution in [1.82, 2.24) is 9.88 Å². The van der Waals surface area contributed by atoms with Crippen molar-refractivity contribution in [3.05, 3.63) is 42.3 Å². The van der Waals surface area contributed by atoms with Gasteiger partial charge in [0.2, 0.25) is 17.7 Å². The van der Waals surface area contributed by atoms with Gasteiger partial charge in [0.25, 0.3) is 0 Å². The van der Waals surface area contributed by atoms with Crippen molar-refractivity contribution in [3.8, 4) is 11.5 Å². The first kappa shape index (κ1) is 15.1. The predicted molar refractivity (Wildman–Crippen MR) is 87.6 cm³/mol. The molecular weight excluding hydrogens is 304 g/mol. The van der Waals surface area contributed by atoms with Gasteiger partial charge in [0.1, 0.15) is 6.26 Å². The SMILES string of the molecule is O=C1CC2(CCCCC2)C(=O)N1Cc1coc(-c2ccccc2)n1. The Morgan fingerprint density at radius 2 is 1.83 bits per heavy atom. The van der Waals surface area contributed by atoms with Crippen molar-refractivity contribution in [1.29, 1.82) is 0 Å². The molecule has 1 aromatic heterocycles. The molecule has 4 rings (SSSR count). The van der Waals surface area contributed by atoms with Crippen LogP contribution in [0.1, 0.15) is 44.2 Å². The van der Waals surface area contributed by atoms with Crippen LogP contribution < -0.4 is 0 Å². The van der Waals surface area contributed by atoms with Crippen molar-refractivity contribution in [2.75, 3.05) is 0 Å². The molecule has 0 unspecified atom stereocenters. The van der Waals surface area contributed by atoms with E-state index in [0.717, 1.165) is 37.7 Å². The van der Waals surface area contributed by atoms with Crippen LogP contribution in [0.15, 0.2) is 41.0 Å². The summed E-state index contributed by atoms with van der Waals surface area (Å²) in [5.74, 6) is 0.416. The molecule has 2 heterocycles. The molecule has 1 spiro atoms. The Morgan fingerprint density at radius 3 is 2.58 bits per heavy atom. The third kappa shape index (κ3) is 2.54. The minimum atomic E-state index is -0.443. The minimum absolute atomic E-state index is 0.0172. The van der Waals surface area contributed by atoms with E-state index in [9.17, 15) is 9.59 Å². The second-order valence-corrected chi connectivity index (χ2v) is 6.81. The Balaban J connectivity index is 1.52. The van der Waals surface area contributed by atoms with Crippen molar-refractivity contribution in [3.63, 3.8) is 0 Å². The van der Waals surface area contributed by atoms with E-state index in [2.05, 4.69) is 4.98 Å². The van der Waals surface area contributed by atoms with E-state index in [0.29, 0.717) is 18.0 Å². The summed E-state index contributed by atoms with van der Waals surface area (Å²) in [6, 6.07) is 9.59. The first-order valence-corrected chi connectivity index (χ1v) is 8.53. The highest BCUT2D eigenvalue weighted by atomic mass is 16.3. The van der Waals surface area contributed by atoms with E-state index in [1.165, 1.54) is 11.2 Å². The number of nitrogens with zero attached hydrogens (tertiary/aromatic N) is 2. The lowest BCUT2D eigenvalue weighted by molar-refractivity contribution is -0.143. The zero-order valence-corrected chi connectivity index (χ0v) is 13.5. The molecule has 5 nitrogen and oxygen atoms in total. The Morgan fingerprint density at radius 1 is 1.08 bits per heavy atom. The zero-order chi connectivity index (χ0) is 16.6. The lowest BCUT2D eigenvalue weighted by Crippen LogP contribution is -2.36. The molecule has 0 radical (unpaired) electrons. The molecule has 1 saturated carbocycles. The van der Waals surface area contributed by atoms with Crippen LogP contribution in [0.5, 0.6) is 0 Å². The maximum absolute atomic E-state index is 12.8. The number of hydrogen-bond acceptors (Lipinski definition) is 4. The second kappa shape index (κ2) is 5.89. The highest BCUT2D eigenvalue weighted by molar-refractivity contribution is 6.05. The molecule has 124 valence electrons. The quantitative estimate of drug-likeness (QED) is 0.810. The molecule has 0 atom stereocenters. The minimum Gasteiger partial charge on any atom is -0.444 e. The number of benzene rings is 1. The Bertz CT molecular complexity index is 760. The van der Waals surface area contributed by atoms with Crippen molar-refractivity contribution < 1.29 is 14.0 Å². The number of carbonyl (C=O) groups is 2. The summed E-state index contributed by atoms with van der Waals surface area (Å²) < 4.78 is 5.51. The maximum Gasteiger partial charge on any atom is 0.236 e. The van der Waals surface area contributed by atoms with Crippen molar-refractivity contribution in [2.24, 2.45) is 5.41 Å². The van der Waals surface area contributed by atoms with Crippen LogP contribution in [0.25, 0.3) is 11.5 Å². The third-order valence-corrected chi connectivity index (χ3v) is 5.19. The first-order valence-electron chi connectivity index (χ1n) is 8.53. The predicted octanol–water partition coefficient (Wildman–Crippen LogP) is 3.55. The smallest absolute Gasteiger partial charge is 0.236 e. The number of rotatable bonds is 3. The normalized spacial score (nSPS) is 20.1. The number of imide groups is 1. The average Bonchev–Trinajstić information content (AvgIpc) is 3.16. The molecule has 1 aromatic carbocycles. The number of oxazole rings is 1. The van der Waals surface area contributed by atoms with Gasteiger partial charge < -0.3 is 4.42 Å². The molecule has 0 N–H and O–H groups in total. The van der Waals surface area contributed by atoms with Gasteiger partial charge in [0, 0.05) is 12.0 Å². The summed E-state index contributed by atoms with van der Waals surface area (Å²) in [6.07, 6.45) is 6.80. The topological polar surface area (TPSA) is 63.4 Å². The molecule has 2 amide bonds. The molecule has 2 aromatic rings. The Hall–Kier alpha value is -2.43. The van der Waals surface area contributed by atoms with Crippen LogP contribution in [-0.2, 0) is 16.1 Å². The van der Waals surface area contributed by atoms with Crippen LogP contribution in [0.4, 0.5) is 0 Å². The number of hydrogen-bond donors (Lipinski definition) is 0. The maximum atomic E-state index is 12.8. The highest BCUT2D eigenvalue weighted by Crippen LogP contribution is 2.45. The third-order valence-electron chi connectivity index (χ3n) is 5.19. The second-order valence-electron chi connectivity index (χ2n) is 6.81. The van der Waals surface area contributed by atoms with Crippen molar-refractivity contribution >= 4 is 11.8 Å². The lowest BCUT2D eigenvalue weighted by atomic mass is 9.73. The van der Waals surface area contributed by atoms with Gasteiger partial charge in [0.05, 0.1) is 17.7 Å². The summed E-state index contributed by atoms with van der Waals surface area (Å²) in [6.45, 7) is 0.204. The van der Waals surface area contributed by atoms with Crippen molar-refractivity contribution in [2.45, 2.75) is 45.1 Å². The number of aromatic nitrogens is 1.